The Bertz CT molecular complexity index is 502. The summed E-state index contributed by atoms with van der Waals surface area (Å²) in [5.74, 6) is 0. The van der Waals surface area contributed by atoms with Crippen molar-refractivity contribution < 1.29 is 8.42 Å². The molecule has 1 aromatic rings. The van der Waals surface area contributed by atoms with E-state index in [9.17, 15) is 8.42 Å². The second-order valence-electron chi connectivity index (χ2n) is 5.16. The second-order valence-corrected chi connectivity index (χ2v) is 7.15. The molecule has 1 saturated carbocycles. The molecule has 4 heteroatoms. The lowest BCUT2D eigenvalue weighted by Gasteiger charge is -2.27. The molecule has 2 rings (SSSR count). The average molecular weight is 253 g/mol. The topological polar surface area (TPSA) is 46.2 Å². The maximum absolute atomic E-state index is 11.7. The summed E-state index contributed by atoms with van der Waals surface area (Å²) in [6.45, 7) is 2.17. The fraction of sp³-hybridized carbons (Fsp3) is 0.538. The maximum atomic E-state index is 11.7. The molecule has 17 heavy (non-hydrogen) atoms. The first-order valence-electron chi connectivity index (χ1n) is 5.98. The number of hydrogen-bond donors (Lipinski definition) is 1. The van der Waals surface area contributed by atoms with E-state index in [4.69, 9.17) is 0 Å². The summed E-state index contributed by atoms with van der Waals surface area (Å²) in [5, 5.41) is 3.41. The molecular weight excluding hydrogens is 234 g/mol. The fourth-order valence-electron chi connectivity index (χ4n) is 2.50. The monoisotopic (exact) mass is 253 g/mol. The first-order chi connectivity index (χ1) is 7.91. The van der Waals surface area contributed by atoms with Gasteiger partial charge in [0.2, 0.25) is 0 Å². The van der Waals surface area contributed by atoms with Crippen LogP contribution in [0.25, 0.3) is 0 Å². The highest BCUT2D eigenvalue weighted by molar-refractivity contribution is 7.90. The van der Waals surface area contributed by atoms with E-state index in [0.717, 1.165) is 18.5 Å². The summed E-state index contributed by atoms with van der Waals surface area (Å²) >= 11 is 0. The van der Waals surface area contributed by atoms with E-state index in [2.05, 4.69) is 12.2 Å². The Kier molecular flexibility index (Phi) is 3.17. The van der Waals surface area contributed by atoms with E-state index in [1.165, 1.54) is 19.1 Å². The molecule has 0 spiro atoms. The number of anilines is 1. The van der Waals surface area contributed by atoms with Gasteiger partial charge in [-0.1, -0.05) is 25.0 Å². The average Bonchev–Trinajstić information content (AvgIpc) is 2.64. The third-order valence-corrected chi connectivity index (χ3v) is 4.59. The van der Waals surface area contributed by atoms with E-state index in [-0.39, 0.29) is 5.54 Å². The summed E-state index contributed by atoms with van der Waals surface area (Å²) in [5.41, 5.74) is 0.778. The van der Waals surface area contributed by atoms with E-state index in [1.807, 2.05) is 12.1 Å². The van der Waals surface area contributed by atoms with Crippen molar-refractivity contribution >= 4 is 15.5 Å². The van der Waals surface area contributed by atoms with E-state index in [1.54, 1.807) is 12.1 Å². The van der Waals surface area contributed by atoms with Gasteiger partial charge in [0, 0.05) is 11.8 Å². The molecule has 1 aromatic carbocycles. The second kappa shape index (κ2) is 4.33. The van der Waals surface area contributed by atoms with E-state index in [0.29, 0.717) is 4.90 Å². The smallest absolute Gasteiger partial charge is 0.177 e. The highest BCUT2D eigenvalue weighted by Crippen LogP contribution is 2.34. The Morgan fingerprint density at radius 1 is 1.18 bits per heavy atom. The van der Waals surface area contributed by atoms with Gasteiger partial charge in [0.05, 0.1) is 10.6 Å². The minimum absolute atomic E-state index is 0.0425. The van der Waals surface area contributed by atoms with Gasteiger partial charge in [0.25, 0.3) is 0 Å². The summed E-state index contributed by atoms with van der Waals surface area (Å²) in [6.07, 6.45) is 5.88. The summed E-state index contributed by atoms with van der Waals surface area (Å²) < 4.78 is 23.4. The number of benzene rings is 1. The van der Waals surface area contributed by atoms with Crippen LogP contribution >= 0.6 is 0 Å². The highest BCUT2D eigenvalue weighted by atomic mass is 32.2. The molecule has 1 fully saturated rings. The Morgan fingerprint density at radius 2 is 1.76 bits per heavy atom. The number of hydrogen-bond acceptors (Lipinski definition) is 3. The van der Waals surface area contributed by atoms with Gasteiger partial charge < -0.3 is 5.32 Å². The number of sulfone groups is 1. The lowest BCUT2D eigenvalue weighted by atomic mass is 10.0. The summed E-state index contributed by atoms with van der Waals surface area (Å²) in [4.78, 5) is 0.396. The Hall–Kier alpha value is -1.03. The summed E-state index contributed by atoms with van der Waals surface area (Å²) in [7, 11) is -3.16. The van der Waals surface area contributed by atoms with Crippen LogP contribution in [0.2, 0.25) is 0 Å². The summed E-state index contributed by atoms with van der Waals surface area (Å²) in [6, 6.07) is 7.14. The third-order valence-electron chi connectivity index (χ3n) is 3.43. The van der Waals surface area contributed by atoms with Gasteiger partial charge in [0.15, 0.2) is 9.84 Å². The van der Waals surface area contributed by atoms with Crippen molar-refractivity contribution in [1.82, 2.24) is 0 Å². The maximum Gasteiger partial charge on any atom is 0.177 e. The molecule has 0 amide bonds. The molecule has 0 saturated heterocycles. The van der Waals surface area contributed by atoms with Crippen LogP contribution in [0, 0.1) is 0 Å². The lowest BCUT2D eigenvalue weighted by molar-refractivity contribution is 0.531. The van der Waals surface area contributed by atoms with Crippen molar-refractivity contribution in [3.63, 3.8) is 0 Å². The van der Waals surface area contributed by atoms with E-state index < -0.39 is 9.84 Å². The SMILES string of the molecule is CC1(Nc2ccccc2S(C)(=O)=O)CCCC1. The van der Waals surface area contributed by atoms with Crippen LogP contribution in [-0.4, -0.2) is 20.2 Å². The predicted molar refractivity (Wildman–Crippen MR) is 70.0 cm³/mol. The quantitative estimate of drug-likeness (QED) is 0.901. The molecule has 3 nitrogen and oxygen atoms in total. The van der Waals surface area contributed by atoms with Gasteiger partial charge in [-0.25, -0.2) is 8.42 Å². The molecular formula is C13H19NO2S. The van der Waals surface area contributed by atoms with Crippen LogP contribution in [0.5, 0.6) is 0 Å². The molecule has 0 aromatic heterocycles. The van der Waals surface area contributed by atoms with Crippen LogP contribution < -0.4 is 5.32 Å². The van der Waals surface area contributed by atoms with Gasteiger partial charge in [-0.15, -0.1) is 0 Å². The van der Waals surface area contributed by atoms with Gasteiger partial charge in [-0.05, 0) is 31.9 Å². The lowest BCUT2D eigenvalue weighted by Crippen LogP contribution is -2.31. The minimum atomic E-state index is -3.16. The molecule has 0 radical (unpaired) electrons. The zero-order valence-corrected chi connectivity index (χ0v) is 11.2. The minimum Gasteiger partial charge on any atom is -0.379 e. The fourth-order valence-corrected chi connectivity index (χ4v) is 3.34. The van der Waals surface area contributed by atoms with Gasteiger partial charge in [-0.3, -0.25) is 0 Å². The third kappa shape index (κ3) is 2.80. The van der Waals surface area contributed by atoms with Crippen LogP contribution in [0.4, 0.5) is 5.69 Å². The predicted octanol–water partition coefficient (Wildman–Crippen LogP) is 2.83. The van der Waals surface area contributed by atoms with Crippen molar-refractivity contribution in [2.75, 3.05) is 11.6 Å². The normalized spacial score (nSPS) is 19.2. The Labute approximate surface area is 103 Å². The molecule has 1 N–H and O–H groups in total. The molecule has 1 aliphatic carbocycles. The first-order valence-corrected chi connectivity index (χ1v) is 7.87. The largest absolute Gasteiger partial charge is 0.379 e. The number of nitrogens with one attached hydrogen (secondary N) is 1. The van der Waals surface area contributed by atoms with Crippen molar-refractivity contribution in [2.45, 2.75) is 43.0 Å². The zero-order valence-electron chi connectivity index (χ0n) is 10.4. The van der Waals surface area contributed by atoms with Crippen LogP contribution in [0.3, 0.4) is 0 Å². The molecule has 0 heterocycles. The Morgan fingerprint density at radius 3 is 2.35 bits per heavy atom. The van der Waals surface area contributed by atoms with Crippen molar-refractivity contribution in [3.05, 3.63) is 24.3 Å². The van der Waals surface area contributed by atoms with Crippen molar-refractivity contribution in [2.24, 2.45) is 0 Å². The number of para-hydroxylation sites is 1. The molecule has 1 aliphatic rings. The zero-order chi connectivity index (χ0) is 12.5. The van der Waals surface area contributed by atoms with Crippen LogP contribution in [0.15, 0.2) is 29.2 Å². The van der Waals surface area contributed by atoms with Crippen molar-refractivity contribution in [1.29, 1.82) is 0 Å². The molecule has 0 unspecified atom stereocenters. The van der Waals surface area contributed by atoms with E-state index >= 15 is 0 Å². The van der Waals surface area contributed by atoms with Gasteiger partial charge in [-0.2, -0.15) is 0 Å². The molecule has 0 atom stereocenters. The van der Waals surface area contributed by atoms with Gasteiger partial charge in [0.1, 0.15) is 0 Å². The van der Waals surface area contributed by atoms with Gasteiger partial charge >= 0.3 is 0 Å². The molecule has 94 valence electrons. The first kappa shape index (κ1) is 12.4. The standard InChI is InChI=1S/C13H19NO2S/c1-13(9-5-6-10-13)14-11-7-3-4-8-12(11)17(2,15)16/h3-4,7-8,14H,5-6,9-10H2,1-2H3. The molecule has 0 aliphatic heterocycles. The van der Waals surface area contributed by atoms with Crippen LogP contribution in [0.1, 0.15) is 32.6 Å². The molecule has 0 bridgehead atoms. The number of rotatable bonds is 3. The Balaban J connectivity index is 2.33. The van der Waals surface area contributed by atoms with Crippen LogP contribution in [-0.2, 0) is 9.84 Å². The highest BCUT2D eigenvalue weighted by Gasteiger charge is 2.29. The van der Waals surface area contributed by atoms with Crippen molar-refractivity contribution in [3.8, 4) is 0 Å².